The Morgan fingerprint density at radius 1 is 1.33 bits per heavy atom. The average molecular weight is 168 g/mol. The standard InChI is InChI=1S/C10H20N2/c1-7(2)12-6-8-3-4-10(12)9(11)5-8/h7-10H,3-6,11H2,1-2H3/t8-,9-,10+/m1/s1. The third kappa shape index (κ3) is 1.27. The third-order valence-electron chi connectivity index (χ3n) is 3.53. The molecule has 0 spiro atoms. The molecule has 3 fully saturated rings. The van der Waals surface area contributed by atoms with Gasteiger partial charge in [0.1, 0.15) is 0 Å². The van der Waals surface area contributed by atoms with Crippen LogP contribution in [0.25, 0.3) is 0 Å². The highest BCUT2D eigenvalue weighted by atomic mass is 15.2. The van der Waals surface area contributed by atoms with Crippen molar-refractivity contribution in [3.63, 3.8) is 0 Å². The van der Waals surface area contributed by atoms with Crippen LogP contribution in [0.3, 0.4) is 0 Å². The number of hydrogen-bond donors (Lipinski definition) is 1. The van der Waals surface area contributed by atoms with Gasteiger partial charge in [0.25, 0.3) is 0 Å². The van der Waals surface area contributed by atoms with E-state index in [0.29, 0.717) is 18.1 Å². The van der Waals surface area contributed by atoms with Gasteiger partial charge >= 0.3 is 0 Å². The van der Waals surface area contributed by atoms with Gasteiger partial charge < -0.3 is 5.73 Å². The lowest BCUT2D eigenvalue weighted by Gasteiger charge is -2.50. The summed E-state index contributed by atoms with van der Waals surface area (Å²) in [5, 5.41) is 0. The van der Waals surface area contributed by atoms with Crippen molar-refractivity contribution in [2.45, 2.75) is 51.2 Å². The molecule has 12 heavy (non-hydrogen) atoms. The summed E-state index contributed by atoms with van der Waals surface area (Å²) in [5.41, 5.74) is 6.11. The number of nitrogens with two attached hydrogens (primary N) is 1. The van der Waals surface area contributed by atoms with E-state index < -0.39 is 0 Å². The van der Waals surface area contributed by atoms with Crippen LogP contribution in [-0.4, -0.2) is 29.6 Å². The van der Waals surface area contributed by atoms with Crippen LogP contribution in [0.15, 0.2) is 0 Å². The Balaban J connectivity index is 2.09. The molecule has 2 nitrogen and oxygen atoms in total. The van der Waals surface area contributed by atoms with Crippen LogP contribution in [0, 0.1) is 5.92 Å². The zero-order valence-electron chi connectivity index (χ0n) is 8.16. The van der Waals surface area contributed by atoms with Crippen LogP contribution in [0.2, 0.25) is 0 Å². The summed E-state index contributed by atoms with van der Waals surface area (Å²) >= 11 is 0. The van der Waals surface area contributed by atoms with Crippen molar-refractivity contribution in [3.8, 4) is 0 Å². The smallest absolute Gasteiger partial charge is 0.0250 e. The third-order valence-corrected chi connectivity index (χ3v) is 3.53. The first-order valence-corrected chi connectivity index (χ1v) is 5.20. The van der Waals surface area contributed by atoms with Crippen molar-refractivity contribution in [1.29, 1.82) is 0 Å². The van der Waals surface area contributed by atoms with Gasteiger partial charge in [0, 0.05) is 24.7 Å². The Morgan fingerprint density at radius 3 is 2.50 bits per heavy atom. The summed E-state index contributed by atoms with van der Waals surface area (Å²) < 4.78 is 0. The molecule has 2 bridgehead atoms. The number of hydrogen-bond acceptors (Lipinski definition) is 2. The second-order valence-electron chi connectivity index (χ2n) is 4.70. The monoisotopic (exact) mass is 168 g/mol. The molecule has 2 N–H and O–H groups in total. The van der Waals surface area contributed by atoms with Crippen LogP contribution < -0.4 is 5.73 Å². The topological polar surface area (TPSA) is 29.3 Å². The SMILES string of the molecule is CC(C)N1C[C@@H]2CC[C@H]1[C@H](N)C2. The molecule has 0 amide bonds. The Kier molecular flexibility index (Phi) is 2.13. The Morgan fingerprint density at radius 2 is 2.08 bits per heavy atom. The van der Waals surface area contributed by atoms with Crippen LogP contribution in [0.5, 0.6) is 0 Å². The van der Waals surface area contributed by atoms with Crippen LogP contribution >= 0.6 is 0 Å². The van der Waals surface area contributed by atoms with E-state index in [1.165, 1.54) is 25.8 Å². The van der Waals surface area contributed by atoms with Crippen molar-refractivity contribution in [3.05, 3.63) is 0 Å². The first-order chi connectivity index (χ1) is 5.68. The van der Waals surface area contributed by atoms with Crippen molar-refractivity contribution in [2.75, 3.05) is 6.54 Å². The van der Waals surface area contributed by atoms with Crippen LogP contribution in [-0.2, 0) is 0 Å². The van der Waals surface area contributed by atoms with E-state index in [4.69, 9.17) is 5.73 Å². The molecule has 1 aliphatic carbocycles. The van der Waals surface area contributed by atoms with E-state index >= 15 is 0 Å². The molecule has 3 rings (SSSR count). The quantitative estimate of drug-likeness (QED) is 0.637. The second-order valence-corrected chi connectivity index (χ2v) is 4.70. The van der Waals surface area contributed by atoms with E-state index in [-0.39, 0.29) is 0 Å². The molecule has 2 aliphatic heterocycles. The molecule has 2 heterocycles. The molecule has 0 aromatic carbocycles. The van der Waals surface area contributed by atoms with E-state index in [1.54, 1.807) is 0 Å². The van der Waals surface area contributed by atoms with Crippen LogP contribution in [0.1, 0.15) is 33.1 Å². The predicted octanol–water partition coefficient (Wildman–Crippen LogP) is 1.21. The summed E-state index contributed by atoms with van der Waals surface area (Å²) in [7, 11) is 0. The van der Waals surface area contributed by atoms with E-state index in [0.717, 1.165) is 5.92 Å². The van der Waals surface area contributed by atoms with Gasteiger partial charge in [-0.15, -0.1) is 0 Å². The molecule has 2 heteroatoms. The molecule has 2 saturated heterocycles. The molecule has 0 aromatic rings. The Bertz CT molecular complexity index is 167. The van der Waals surface area contributed by atoms with Gasteiger partial charge in [-0.2, -0.15) is 0 Å². The second kappa shape index (κ2) is 3.00. The molecule has 3 atom stereocenters. The molecule has 70 valence electrons. The summed E-state index contributed by atoms with van der Waals surface area (Å²) in [5.74, 6) is 0.896. The fourth-order valence-corrected chi connectivity index (χ4v) is 2.89. The Labute approximate surface area is 75.1 Å². The summed E-state index contributed by atoms with van der Waals surface area (Å²) in [6, 6.07) is 1.83. The van der Waals surface area contributed by atoms with E-state index in [2.05, 4.69) is 18.7 Å². The highest BCUT2D eigenvalue weighted by Gasteiger charge is 2.39. The minimum absolute atomic E-state index is 0.458. The lowest BCUT2D eigenvalue weighted by atomic mass is 9.76. The van der Waals surface area contributed by atoms with E-state index in [9.17, 15) is 0 Å². The molecule has 1 saturated carbocycles. The Hall–Kier alpha value is -0.0800. The molecule has 0 unspecified atom stereocenters. The molecule has 0 radical (unpaired) electrons. The lowest BCUT2D eigenvalue weighted by Crippen LogP contribution is -2.60. The predicted molar refractivity (Wildman–Crippen MR) is 50.9 cm³/mol. The normalized spacial score (nSPS) is 42.5. The number of fused-ring (bicyclic) bond motifs is 3. The first-order valence-electron chi connectivity index (χ1n) is 5.20. The fraction of sp³-hybridized carbons (Fsp3) is 1.00. The summed E-state index contributed by atoms with van der Waals surface area (Å²) in [6.07, 6.45) is 4.03. The average Bonchev–Trinajstić information content (AvgIpc) is 2.04. The molecular weight excluding hydrogens is 148 g/mol. The van der Waals surface area contributed by atoms with Crippen molar-refractivity contribution in [2.24, 2.45) is 11.7 Å². The number of piperidine rings is 2. The zero-order valence-corrected chi connectivity index (χ0v) is 8.16. The maximum Gasteiger partial charge on any atom is 0.0250 e. The lowest BCUT2D eigenvalue weighted by molar-refractivity contribution is 0.0101. The van der Waals surface area contributed by atoms with Gasteiger partial charge in [-0.3, -0.25) is 4.90 Å². The van der Waals surface area contributed by atoms with Crippen molar-refractivity contribution < 1.29 is 0 Å². The van der Waals surface area contributed by atoms with Crippen LogP contribution in [0.4, 0.5) is 0 Å². The minimum atomic E-state index is 0.458. The number of nitrogens with zero attached hydrogens (tertiary/aromatic N) is 1. The molecule has 0 aromatic heterocycles. The van der Waals surface area contributed by atoms with Gasteiger partial charge in [-0.05, 0) is 39.0 Å². The van der Waals surface area contributed by atoms with E-state index in [1.807, 2.05) is 0 Å². The number of rotatable bonds is 1. The maximum absolute atomic E-state index is 6.11. The zero-order chi connectivity index (χ0) is 8.72. The van der Waals surface area contributed by atoms with Gasteiger partial charge in [0.15, 0.2) is 0 Å². The fourth-order valence-electron chi connectivity index (χ4n) is 2.89. The summed E-state index contributed by atoms with van der Waals surface area (Å²) in [6.45, 7) is 5.87. The van der Waals surface area contributed by atoms with Gasteiger partial charge in [0.05, 0.1) is 0 Å². The summed E-state index contributed by atoms with van der Waals surface area (Å²) in [4.78, 5) is 2.60. The minimum Gasteiger partial charge on any atom is -0.326 e. The maximum atomic E-state index is 6.11. The molecular formula is C10H20N2. The largest absolute Gasteiger partial charge is 0.326 e. The van der Waals surface area contributed by atoms with Crippen molar-refractivity contribution >= 4 is 0 Å². The molecule has 3 aliphatic rings. The van der Waals surface area contributed by atoms with Gasteiger partial charge in [-0.1, -0.05) is 0 Å². The van der Waals surface area contributed by atoms with Gasteiger partial charge in [-0.25, -0.2) is 0 Å². The van der Waals surface area contributed by atoms with Gasteiger partial charge in [0.2, 0.25) is 0 Å². The first kappa shape index (κ1) is 8.52. The van der Waals surface area contributed by atoms with Crippen molar-refractivity contribution in [1.82, 2.24) is 4.90 Å². The highest BCUT2D eigenvalue weighted by molar-refractivity contribution is 4.96. The highest BCUT2D eigenvalue weighted by Crippen LogP contribution is 2.35.